The maximum Gasteiger partial charge on any atom is 0.389 e. The van der Waals surface area contributed by atoms with Crippen LogP contribution in [0.4, 0.5) is 13.2 Å². The van der Waals surface area contributed by atoms with Gasteiger partial charge in [-0.25, -0.2) is 0 Å². The van der Waals surface area contributed by atoms with Crippen molar-refractivity contribution in [1.29, 1.82) is 0 Å². The maximum absolute atomic E-state index is 11.8. The molecule has 0 fully saturated rings. The fourth-order valence-electron chi connectivity index (χ4n) is 1.39. The van der Waals surface area contributed by atoms with Crippen molar-refractivity contribution in [2.75, 3.05) is 19.8 Å². The summed E-state index contributed by atoms with van der Waals surface area (Å²) in [6, 6.07) is 0.448. The second-order valence-electron chi connectivity index (χ2n) is 3.97. The molecule has 0 aromatic heterocycles. The van der Waals surface area contributed by atoms with Gasteiger partial charge in [-0.1, -0.05) is 13.3 Å². The third-order valence-corrected chi connectivity index (χ3v) is 2.21. The Hall–Kier alpha value is -0.290. The molecule has 0 saturated carbocycles. The van der Waals surface area contributed by atoms with Gasteiger partial charge in [-0.2, -0.15) is 13.2 Å². The zero-order valence-corrected chi connectivity index (χ0v) is 10.1. The summed E-state index contributed by atoms with van der Waals surface area (Å²) in [5.74, 6) is 0. The first-order valence-corrected chi connectivity index (χ1v) is 5.83. The largest absolute Gasteiger partial charge is 0.389 e. The average Bonchev–Trinajstić information content (AvgIpc) is 2.15. The molecule has 0 saturated heterocycles. The molecule has 0 heterocycles. The van der Waals surface area contributed by atoms with Gasteiger partial charge >= 0.3 is 6.18 Å². The van der Waals surface area contributed by atoms with Crippen LogP contribution in [0.25, 0.3) is 0 Å². The number of hydrogen-bond donors (Lipinski definition) is 1. The van der Waals surface area contributed by atoms with Gasteiger partial charge in [-0.3, -0.25) is 0 Å². The predicted octanol–water partition coefficient (Wildman–Crippen LogP) is 3.12. The molecule has 0 radical (unpaired) electrons. The summed E-state index contributed by atoms with van der Waals surface area (Å²) in [7, 11) is 0. The molecule has 1 N–H and O–H groups in total. The molecule has 98 valence electrons. The van der Waals surface area contributed by atoms with Crippen LogP contribution >= 0.6 is 0 Å². The van der Waals surface area contributed by atoms with Crippen LogP contribution in [0, 0.1) is 0 Å². The minimum atomic E-state index is -4.06. The third-order valence-electron chi connectivity index (χ3n) is 2.21. The van der Waals surface area contributed by atoms with E-state index in [1.54, 1.807) is 0 Å². The topological polar surface area (TPSA) is 21.3 Å². The number of halogens is 3. The van der Waals surface area contributed by atoms with Crippen LogP contribution < -0.4 is 5.32 Å². The molecule has 0 amide bonds. The molecule has 0 aliphatic heterocycles. The number of hydrogen-bond acceptors (Lipinski definition) is 2. The molecule has 0 rings (SSSR count). The fraction of sp³-hybridized carbons (Fsp3) is 1.00. The van der Waals surface area contributed by atoms with Crippen LogP contribution in [0.3, 0.4) is 0 Å². The van der Waals surface area contributed by atoms with E-state index in [-0.39, 0.29) is 13.0 Å². The van der Waals surface area contributed by atoms with Crippen molar-refractivity contribution in [3.8, 4) is 0 Å². The second kappa shape index (κ2) is 8.82. The highest BCUT2D eigenvalue weighted by atomic mass is 19.4. The standard InChI is InChI=1S/C11H22F3NO/c1-3-5-10(2)15-7-9-16-8-4-6-11(12,13)14/h10,15H,3-9H2,1-2H3. The zero-order valence-electron chi connectivity index (χ0n) is 10.1. The first-order valence-electron chi connectivity index (χ1n) is 5.83. The average molecular weight is 241 g/mol. The van der Waals surface area contributed by atoms with Crippen molar-refractivity contribution in [2.24, 2.45) is 0 Å². The molecule has 2 nitrogen and oxygen atoms in total. The highest BCUT2D eigenvalue weighted by molar-refractivity contribution is 4.58. The van der Waals surface area contributed by atoms with E-state index in [0.29, 0.717) is 19.2 Å². The number of ether oxygens (including phenoxy) is 1. The van der Waals surface area contributed by atoms with Crippen LogP contribution in [0.2, 0.25) is 0 Å². The van der Waals surface area contributed by atoms with Gasteiger partial charge in [0.1, 0.15) is 0 Å². The van der Waals surface area contributed by atoms with Gasteiger partial charge in [0.25, 0.3) is 0 Å². The molecule has 1 atom stereocenters. The minimum Gasteiger partial charge on any atom is -0.380 e. The lowest BCUT2D eigenvalue weighted by Gasteiger charge is -2.12. The second-order valence-corrected chi connectivity index (χ2v) is 3.97. The van der Waals surface area contributed by atoms with E-state index in [1.165, 1.54) is 0 Å². The highest BCUT2D eigenvalue weighted by Crippen LogP contribution is 2.20. The smallest absolute Gasteiger partial charge is 0.380 e. The SMILES string of the molecule is CCCC(C)NCCOCCCC(F)(F)F. The van der Waals surface area contributed by atoms with Crippen LogP contribution in [-0.4, -0.2) is 32.0 Å². The summed E-state index contributed by atoms with van der Waals surface area (Å²) < 4.78 is 40.4. The van der Waals surface area contributed by atoms with Gasteiger partial charge in [0.05, 0.1) is 6.61 Å². The van der Waals surface area contributed by atoms with Crippen molar-refractivity contribution in [2.45, 2.75) is 51.7 Å². The van der Waals surface area contributed by atoms with E-state index >= 15 is 0 Å². The lowest BCUT2D eigenvalue weighted by Crippen LogP contribution is -2.29. The molecule has 0 bridgehead atoms. The molecule has 0 aromatic carbocycles. The Labute approximate surface area is 95.5 Å². The van der Waals surface area contributed by atoms with Crippen molar-refractivity contribution >= 4 is 0 Å². The minimum absolute atomic E-state index is 0.0496. The molecule has 0 aliphatic rings. The van der Waals surface area contributed by atoms with Gasteiger partial charge in [-0.05, 0) is 19.8 Å². The Morgan fingerprint density at radius 3 is 2.50 bits per heavy atom. The van der Waals surface area contributed by atoms with E-state index in [0.717, 1.165) is 12.8 Å². The number of nitrogens with one attached hydrogen (secondary N) is 1. The molecule has 5 heteroatoms. The first-order chi connectivity index (χ1) is 7.45. The van der Waals surface area contributed by atoms with E-state index in [1.807, 2.05) is 0 Å². The lowest BCUT2D eigenvalue weighted by atomic mass is 10.2. The molecule has 0 spiro atoms. The number of rotatable bonds is 9. The Morgan fingerprint density at radius 1 is 1.25 bits per heavy atom. The quantitative estimate of drug-likeness (QED) is 0.626. The van der Waals surface area contributed by atoms with Gasteiger partial charge in [0.2, 0.25) is 0 Å². The molecular weight excluding hydrogens is 219 g/mol. The summed E-state index contributed by atoms with van der Waals surface area (Å²) in [6.45, 7) is 5.57. The Balaban J connectivity index is 3.16. The first kappa shape index (κ1) is 15.7. The van der Waals surface area contributed by atoms with E-state index < -0.39 is 12.6 Å². The Kier molecular flexibility index (Phi) is 8.66. The highest BCUT2D eigenvalue weighted by Gasteiger charge is 2.25. The summed E-state index contributed by atoms with van der Waals surface area (Å²) in [6.07, 6.45) is -2.54. The van der Waals surface area contributed by atoms with E-state index in [2.05, 4.69) is 19.2 Å². The summed E-state index contributed by atoms with van der Waals surface area (Å²) in [5, 5.41) is 3.24. The van der Waals surface area contributed by atoms with E-state index in [9.17, 15) is 13.2 Å². The summed E-state index contributed by atoms with van der Waals surface area (Å²) in [5.41, 5.74) is 0. The molecule has 0 aliphatic carbocycles. The van der Waals surface area contributed by atoms with Gasteiger partial charge in [-0.15, -0.1) is 0 Å². The summed E-state index contributed by atoms with van der Waals surface area (Å²) in [4.78, 5) is 0. The molecule has 1 unspecified atom stereocenters. The molecular formula is C11H22F3NO. The Bertz CT molecular complexity index is 162. The van der Waals surface area contributed by atoms with Gasteiger partial charge < -0.3 is 10.1 Å². The van der Waals surface area contributed by atoms with Gasteiger partial charge in [0, 0.05) is 25.6 Å². The van der Waals surface area contributed by atoms with Crippen LogP contribution in [0.15, 0.2) is 0 Å². The van der Waals surface area contributed by atoms with Gasteiger partial charge in [0.15, 0.2) is 0 Å². The maximum atomic E-state index is 11.8. The molecule has 0 aromatic rings. The third kappa shape index (κ3) is 11.8. The number of alkyl halides is 3. The van der Waals surface area contributed by atoms with Crippen molar-refractivity contribution in [3.05, 3.63) is 0 Å². The Morgan fingerprint density at radius 2 is 1.94 bits per heavy atom. The molecule has 16 heavy (non-hydrogen) atoms. The van der Waals surface area contributed by atoms with Crippen molar-refractivity contribution in [1.82, 2.24) is 5.32 Å². The van der Waals surface area contributed by atoms with Crippen molar-refractivity contribution in [3.63, 3.8) is 0 Å². The van der Waals surface area contributed by atoms with E-state index in [4.69, 9.17) is 4.74 Å². The summed E-state index contributed by atoms with van der Waals surface area (Å²) >= 11 is 0. The zero-order chi connectivity index (χ0) is 12.4. The van der Waals surface area contributed by atoms with Crippen molar-refractivity contribution < 1.29 is 17.9 Å². The monoisotopic (exact) mass is 241 g/mol. The van der Waals surface area contributed by atoms with Crippen LogP contribution in [-0.2, 0) is 4.74 Å². The predicted molar refractivity (Wildman–Crippen MR) is 58.5 cm³/mol. The van der Waals surface area contributed by atoms with Crippen LogP contribution in [0.5, 0.6) is 0 Å². The normalized spacial score (nSPS) is 14.1. The fourth-order valence-corrected chi connectivity index (χ4v) is 1.39. The van der Waals surface area contributed by atoms with Crippen LogP contribution in [0.1, 0.15) is 39.5 Å². The lowest BCUT2D eigenvalue weighted by molar-refractivity contribution is -0.137.